The van der Waals surface area contributed by atoms with Crippen molar-refractivity contribution in [3.8, 4) is 5.75 Å². The summed E-state index contributed by atoms with van der Waals surface area (Å²) in [5.41, 5.74) is 1.86. The van der Waals surface area contributed by atoms with Crippen LogP contribution in [0.15, 0.2) is 54.9 Å². The Labute approximate surface area is 184 Å². The van der Waals surface area contributed by atoms with Gasteiger partial charge in [-0.15, -0.1) is 0 Å². The first-order valence-electron chi connectivity index (χ1n) is 11.6. The highest BCUT2D eigenvalue weighted by Crippen LogP contribution is 2.33. The minimum absolute atomic E-state index is 0.327. The van der Waals surface area contributed by atoms with E-state index in [9.17, 15) is 0 Å². The number of ether oxygens (including phenoxy) is 1. The number of hydrogen-bond acceptors (Lipinski definition) is 4. The smallest absolute Gasteiger partial charge is 0.119 e. The van der Waals surface area contributed by atoms with Gasteiger partial charge in [-0.3, -0.25) is 9.58 Å². The molecule has 1 saturated heterocycles. The third-order valence-electron chi connectivity index (χ3n) is 7.30. The Bertz CT molecular complexity index is 1040. The minimum atomic E-state index is 0.327. The zero-order valence-corrected chi connectivity index (χ0v) is 18.3. The third-order valence-corrected chi connectivity index (χ3v) is 7.30. The molecular weight excluding hydrogens is 384 g/mol. The number of nitrogens with one attached hydrogen (secondary N) is 1. The lowest BCUT2D eigenvalue weighted by Crippen LogP contribution is -2.46. The third kappa shape index (κ3) is 4.24. The number of methoxy groups -OCH3 is 1. The summed E-state index contributed by atoms with van der Waals surface area (Å²) < 4.78 is 7.48. The van der Waals surface area contributed by atoms with Gasteiger partial charge in [-0.2, -0.15) is 5.10 Å². The standard InChI is InChI=1S/C26H32N4O/c1-31-25-12-7-19-16-21(6-5-20(19)17-25)26(27)22-4-2-14-29(18-22)23-8-10-24(11-9-23)30-15-3-13-28-30/h3,5-7,12-13,15-17,22-24,27H,2,4,8-11,14,18H2,1H3. The molecule has 5 nitrogen and oxygen atoms in total. The molecule has 0 radical (unpaired) electrons. The molecule has 5 rings (SSSR count). The van der Waals surface area contributed by atoms with Crippen LogP contribution in [0.25, 0.3) is 10.8 Å². The molecule has 2 fully saturated rings. The Balaban J connectivity index is 1.24. The highest BCUT2D eigenvalue weighted by Gasteiger charge is 2.31. The van der Waals surface area contributed by atoms with Crippen LogP contribution >= 0.6 is 0 Å². The maximum absolute atomic E-state index is 8.95. The summed E-state index contributed by atoms with van der Waals surface area (Å²) in [6, 6.07) is 15.8. The lowest BCUT2D eigenvalue weighted by molar-refractivity contribution is 0.102. The molecule has 1 aliphatic heterocycles. The summed E-state index contributed by atoms with van der Waals surface area (Å²) in [5.74, 6) is 1.20. The second-order valence-corrected chi connectivity index (χ2v) is 9.12. The molecule has 1 saturated carbocycles. The van der Waals surface area contributed by atoms with Gasteiger partial charge in [-0.05, 0) is 85.7 Å². The topological polar surface area (TPSA) is 54.1 Å². The molecule has 0 bridgehead atoms. The summed E-state index contributed by atoms with van der Waals surface area (Å²) >= 11 is 0. The number of benzene rings is 2. The SMILES string of the molecule is COc1ccc2cc(C(=N)C3CCCN(C4CCC(n5cccn5)CC4)C3)ccc2c1. The predicted octanol–water partition coefficient (Wildman–Crippen LogP) is 5.31. The molecule has 1 atom stereocenters. The molecule has 1 aliphatic carbocycles. The van der Waals surface area contributed by atoms with Crippen molar-refractivity contribution in [2.24, 2.45) is 5.92 Å². The van der Waals surface area contributed by atoms with Gasteiger partial charge in [0, 0.05) is 36.6 Å². The second kappa shape index (κ2) is 8.83. The Morgan fingerprint density at radius 1 is 1.00 bits per heavy atom. The van der Waals surface area contributed by atoms with Crippen LogP contribution in [0.1, 0.15) is 50.1 Å². The average molecular weight is 417 g/mol. The van der Waals surface area contributed by atoms with Crippen molar-refractivity contribution in [2.45, 2.75) is 50.6 Å². The summed E-state index contributed by atoms with van der Waals surface area (Å²) in [4.78, 5) is 2.67. The van der Waals surface area contributed by atoms with E-state index < -0.39 is 0 Å². The second-order valence-electron chi connectivity index (χ2n) is 9.12. The molecule has 162 valence electrons. The van der Waals surface area contributed by atoms with Gasteiger partial charge >= 0.3 is 0 Å². The van der Waals surface area contributed by atoms with Gasteiger partial charge in [0.2, 0.25) is 0 Å². The molecule has 5 heteroatoms. The van der Waals surface area contributed by atoms with Crippen LogP contribution in [-0.4, -0.2) is 46.6 Å². The quantitative estimate of drug-likeness (QED) is 0.574. The van der Waals surface area contributed by atoms with Crippen molar-refractivity contribution in [2.75, 3.05) is 20.2 Å². The fourth-order valence-electron chi connectivity index (χ4n) is 5.51. The first-order chi connectivity index (χ1) is 15.2. The number of hydrogen-bond donors (Lipinski definition) is 1. The molecule has 3 aromatic rings. The predicted molar refractivity (Wildman–Crippen MR) is 125 cm³/mol. The van der Waals surface area contributed by atoms with E-state index in [1.165, 1.54) is 44.0 Å². The van der Waals surface area contributed by atoms with E-state index in [0.29, 0.717) is 18.0 Å². The van der Waals surface area contributed by atoms with Gasteiger partial charge in [0.1, 0.15) is 5.75 Å². The summed E-state index contributed by atoms with van der Waals surface area (Å²) in [5, 5.41) is 15.7. The van der Waals surface area contributed by atoms with Crippen molar-refractivity contribution in [1.29, 1.82) is 5.41 Å². The number of rotatable bonds is 5. The van der Waals surface area contributed by atoms with Gasteiger partial charge in [0.15, 0.2) is 0 Å². The highest BCUT2D eigenvalue weighted by atomic mass is 16.5. The summed E-state index contributed by atoms with van der Waals surface area (Å²) in [7, 11) is 1.70. The Morgan fingerprint density at radius 2 is 1.77 bits per heavy atom. The van der Waals surface area contributed by atoms with Crippen molar-refractivity contribution in [3.63, 3.8) is 0 Å². The van der Waals surface area contributed by atoms with Gasteiger partial charge in [0.05, 0.1) is 13.2 Å². The van der Waals surface area contributed by atoms with E-state index in [1.54, 1.807) is 7.11 Å². The van der Waals surface area contributed by atoms with Gasteiger partial charge < -0.3 is 10.1 Å². The first kappa shape index (κ1) is 20.3. The maximum atomic E-state index is 8.95. The van der Waals surface area contributed by atoms with Gasteiger partial charge in [0.25, 0.3) is 0 Å². The summed E-state index contributed by atoms with van der Waals surface area (Å²) in [6.07, 6.45) is 11.2. The Morgan fingerprint density at radius 3 is 2.55 bits per heavy atom. The molecule has 31 heavy (non-hydrogen) atoms. The number of aromatic nitrogens is 2. The van der Waals surface area contributed by atoms with Crippen molar-refractivity contribution in [1.82, 2.24) is 14.7 Å². The van der Waals surface area contributed by atoms with E-state index in [1.807, 2.05) is 18.3 Å². The zero-order chi connectivity index (χ0) is 21.2. The Hall–Kier alpha value is -2.66. The van der Waals surface area contributed by atoms with Crippen LogP contribution in [0.3, 0.4) is 0 Å². The molecule has 0 spiro atoms. The van der Waals surface area contributed by atoms with E-state index in [2.05, 4.69) is 51.2 Å². The largest absolute Gasteiger partial charge is 0.497 e. The van der Waals surface area contributed by atoms with Gasteiger partial charge in [-0.1, -0.05) is 18.2 Å². The lowest BCUT2D eigenvalue weighted by Gasteiger charge is -2.41. The molecule has 2 aliphatic rings. The molecule has 2 heterocycles. The molecule has 0 amide bonds. The lowest BCUT2D eigenvalue weighted by atomic mass is 9.85. The average Bonchev–Trinajstić information content (AvgIpc) is 3.38. The van der Waals surface area contributed by atoms with E-state index in [-0.39, 0.29) is 0 Å². The fourth-order valence-corrected chi connectivity index (χ4v) is 5.51. The van der Waals surface area contributed by atoms with E-state index in [4.69, 9.17) is 10.1 Å². The molecular formula is C26H32N4O. The highest BCUT2D eigenvalue weighted by molar-refractivity contribution is 6.03. The van der Waals surface area contributed by atoms with Crippen LogP contribution in [0.2, 0.25) is 0 Å². The number of nitrogens with zero attached hydrogens (tertiary/aromatic N) is 3. The van der Waals surface area contributed by atoms with Crippen LogP contribution < -0.4 is 4.74 Å². The van der Waals surface area contributed by atoms with Crippen molar-refractivity contribution in [3.05, 3.63) is 60.4 Å². The van der Waals surface area contributed by atoms with Crippen molar-refractivity contribution >= 4 is 16.5 Å². The Kier molecular flexibility index (Phi) is 5.77. The fraction of sp³-hybridized carbons (Fsp3) is 0.462. The molecule has 2 aromatic carbocycles. The molecule has 1 unspecified atom stereocenters. The normalized spacial score (nSPS) is 24.9. The van der Waals surface area contributed by atoms with E-state index in [0.717, 1.165) is 35.4 Å². The first-order valence-corrected chi connectivity index (χ1v) is 11.6. The zero-order valence-electron chi connectivity index (χ0n) is 18.3. The maximum Gasteiger partial charge on any atom is 0.119 e. The van der Waals surface area contributed by atoms with Crippen LogP contribution in [-0.2, 0) is 0 Å². The number of likely N-dealkylation sites (tertiary alicyclic amines) is 1. The molecule has 1 N–H and O–H groups in total. The van der Waals surface area contributed by atoms with Gasteiger partial charge in [-0.25, -0.2) is 0 Å². The van der Waals surface area contributed by atoms with E-state index >= 15 is 0 Å². The minimum Gasteiger partial charge on any atom is -0.497 e. The monoisotopic (exact) mass is 416 g/mol. The van der Waals surface area contributed by atoms with Crippen LogP contribution in [0, 0.1) is 11.3 Å². The molecule has 1 aromatic heterocycles. The van der Waals surface area contributed by atoms with Crippen LogP contribution in [0.5, 0.6) is 5.75 Å². The van der Waals surface area contributed by atoms with Crippen molar-refractivity contribution < 1.29 is 4.74 Å². The van der Waals surface area contributed by atoms with Crippen LogP contribution in [0.4, 0.5) is 0 Å². The summed E-state index contributed by atoms with van der Waals surface area (Å²) in [6.45, 7) is 2.20. The number of fused-ring (bicyclic) bond motifs is 1. The number of piperidine rings is 1.